The van der Waals surface area contributed by atoms with Gasteiger partial charge >= 0.3 is 0 Å². The van der Waals surface area contributed by atoms with E-state index in [1.54, 1.807) is 16.9 Å². The summed E-state index contributed by atoms with van der Waals surface area (Å²) in [6.07, 6.45) is 5.44. The first-order valence-corrected chi connectivity index (χ1v) is 10.8. The van der Waals surface area contributed by atoms with E-state index < -0.39 is 0 Å². The predicted molar refractivity (Wildman–Crippen MR) is 130 cm³/mol. The highest BCUT2D eigenvalue weighted by Crippen LogP contribution is 2.23. The molecule has 0 saturated heterocycles. The van der Waals surface area contributed by atoms with E-state index in [-0.39, 0.29) is 0 Å². The number of benzene rings is 2. The Balaban J connectivity index is 1.32. The van der Waals surface area contributed by atoms with Gasteiger partial charge in [0.2, 0.25) is 0 Å². The molecule has 0 radical (unpaired) electrons. The molecule has 4 rings (SSSR count). The minimum atomic E-state index is 0.419. The van der Waals surface area contributed by atoms with Crippen molar-refractivity contribution in [2.24, 2.45) is 0 Å². The summed E-state index contributed by atoms with van der Waals surface area (Å²) < 4.78 is 3.59. The standard InChI is InChI=1S/C21H17Cl3N6S/c22-16-3-1-2-14(8-16)12-30-13-17(10-25-30)26-21(31)27-20-6-7-29(28-20)11-15-4-5-18(23)19(24)9-15/h1-10,13H,11-12H2,(H2,26,27,28,31). The second-order valence-corrected chi connectivity index (χ2v) is 8.44. The van der Waals surface area contributed by atoms with Gasteiger partial charge in [-0.25, -0.2) is 0 Å². The topological polar surface area (TPSA) is 59.7 Å². The molecule has 2 aromatic carbocycles. The highest BCUT2D eigenvalue weighted by molar-refractivity contribution is 7.80. The zero-order valence-electron chi connectivity index (χ0n) is 16.1. The molecule has 0 aliphatic rings. The van der Waals surface area contributed by atoms with Gasteiger partial charge in [-0.15, -0.1) is 0 Å². The minimum absolute atomic E-state index is 0.419. The Hall–Kier alpha value is -2.58. The van der Waals surface area contributed by atoms with Crippen LogP contribution in [0.2, 0.25) is 15.1 Å². The number of halogens is 3. The molecular formula is C21H17Cl3N6S. The fourth-order valence-corrected chi connectivity index (χ4v) is 3.71. The molecule has 158 valence electrons. The Morgan fingerprint density at radius 3 is 2.52 bits per heavy atom. The van der Waals surface area contributed by atoms with Crippen molar-refractivity contribution in [2.75, 3.05) is 10.6 Å². The van der Waals surface area contributed by atoms with E-state index in [9.17, 15) is 0 Å². The third kappa shape index (κ3) is 5.98. The lowest BCUT2D eigenvalue weighted by molar-refractivity contribution is 0.687. The summed E-state index contributed by atoms with van der Waals surface area (Å²) in [5.41, 5.74) is 2.84. The van der Waals surface area contributed by atoms with Crippen LogP contribution in [0.15, 0.2) is 67.1 Å². The van der Waals surface area contributed by atoms with Gasteiger partial charge in [0.1, 0.15) is 0 Å². The van der Waals surface area contributed by atoms with Crippen LogP contribution < -0.4 is 10.6 Å². The lowest BCUT2D eigenvalue weighted by Gasteiger charge is -2.07. The zero-order valence-corrected chi connectivity index (χ0v) is 19.2. The van der Waals surface area contributed by atoms with E-state index in [2.05, 4.69) is 20.8 Å². The Morgan fingerprint density at radius 1 is 0.903 bits per heavy atom. The normalized spacial score (nSPS) is 10.8. The number of rotatable bonds is 6. The first kappa shape index (κ1) is 21.6. The van der Waals surface area contributed by atoms with Crippen molar-refractivity contribution in [3.05, 3.63) is 93.3 Å². The van der Waals surface area contributed by atoms with E-state index in [1.165, 1.54) is 0 Å². The average molecular weight is 492 g/mol. The van der Waals surface area contributed by atoms with Crippen LogP contribution in [0.25, 0.3) is 0 Å². The Bertz CT molecular complexity index is 1220. The Kier molecular flexibility index (Phi) is 6.77. The molecule has 0 atom stereocenters. The lowest BCUT2D eigenvalue weighted by atomic mass is 10.2. The monoisotopic (exact) mass is 490 g/mol. The summed E-state index contributed by atoms with van der Waals surface area (Å²) >= 11 is 23.5. The zero-order chi connectivity index (χ0) is 21.8. The molecule has 0 amide bonds. The van der Waals surface area contributed by atoms with Crippen LogP contribution >= 0.6 is 47.0 Å². The van der Waals surface area contributed by atoms with Gasteiger partial charge in [-0.1, -0.05) is 53.0 Å². The van der Waals surface area contributed by atoms with Crippen molar-refractivity contribution in [1.82, 2.24) is 19.6 Å². The van der Waals surface area contributed by atoms with Crippen molar-refractivity contribution < 1.29 is 0 Å². The van der Waals surface area contributed by atoms with Gasteiger partial charge < -0.3 is 10.6 Å². The molecule has 2 heterocycles. The Morgan fingerprint density at radius 2 is 1.71 bits per heavy atom. The fourth-order valence-electron chi connectivity index (χ4n) is 2.96. The lowest BCUT2D eigenvalue weighted by Crippen LogP contribution is -2.19. The molecule has 0 aliphatic heterocycles. The molecule has 0 bridgehead atoms. The predicted octanol–water partition coefficient (Wildman–Crippen LogP) is 5.95. The van der Waals surface area contributed by atoms with Crippen molar-refractivity contribution in [2.45, 2.75) is 13.1 Å². The molecule has 0 saturated carbocycles. The van der Waals surface area contributed by atoms with E-state index in [1.807, 2.05) is 59.5 Å². The van der Waals surface area contributed by atoms with E-state index in [4.69, 9.17) is 47.0 Å². The summed E-state index contributed by atoms with van der Waals surface area (Å²) in [5.74, 6) is 0.629. The largest absolute Gasteiger partial charge is 0.330 e. The summed E-state index contributed by atoms with van der Waals surface area (Å²) in [7, 11) is 0. The van der Waals surface area contributed by atoms with Crippen molar-refractivity contribution in [3.63, 3.8) is 0 Å². The highest BCUT2D eigenvalue weighted by Gasteiger charge is 2.06. The third-order valence-corrected chi connectivity index (χ3v) is 5.51. The maximum absolute atomic E-state index is 6.07. The maximum Gasteiger partial charge on any atom is 0.176 e. The van der Waals surface area contributed by atoms with E-state index >= 15 is 0 Å². The number of hydrogen-bond acceptors (Lipinski definition) is 3. The van der Waals surface area contributed by atoms with Crippen LogP contribution in [0.3, 0.4) is 0 Å². The summed E-state index contributed by atoms with van der Waals surface area (Å²) in [5, 5.41) is 17.2. The maximum atomic E-state index is 6.07. The molecular weight excluding hydrogens is 475 g/mol. The summed E-state index contributed by atoms with van der Waals surface area (Å²) in [6.45, 7) is 1.18. The molecule has 31 heavy (non-hydrogen) atoms. The first-order valence-electron chi connectivity index (χ1n) is 9.27. The molecule has 10 heteroatoms. The number of nitrogens with zero attached hydrogens (tertiary/aromatic N) is 4. The molecule has 2 N–H and O–H groups in total. The Labute approximate surface area is 199 Å². The van der Waals surface area contributed by atoms with E-state index in [0.29, 0.717) is 39.1 Å². The molecule has 6 nitrogen and oxygen atoms in total. The van der Waals surface area contributed by atoms with Gasteiger partial charge in [0.15, 0.2) is 10.9 Å². The number of anilines is 2. The molecule has 0 aliphatic carbocycles. The van der Waals surface area contributed by atoms with Gasteiger partial charge in [-0.2, -0.15) is 10.2 Å². The second kappa shape index (κ2) is 9.70. The SMILES string of the molecule is S=C(Nc1cnn(Cc2cccc(Cl)c2)c1)Nc1ccn(Cc2ccc(Cl)c(Cl)c2)n1. The van der Waals surface area contributed by atoms with Crippen molar-refractivity contribution in [3.8, 4) is 0 Å². The van der Waals surface area contributed by atoms with Gasteiger partial charge in [-0.3, -0.25) is 9.36 Å². The molecule has 4 aromatic rings. The number of hydrogen-bond donors (Lipinski definition) is 2. The second-order valence-electron chi connectivity index (χ2n) is 6.78. The van der Waals surface area contributed by atoms with Crippen LogP contribution in [0.4, 0.5) is 11.5 Å². The number of aromatic nitrogens is 4. The van der Waals surface area contributed by atoms with Gasteiger partial charge in [0.05, 0.1) is 35.0 Å². The third-order valence-electron chi connectivity index (χ3n) is 4.34. The van der Waals surface area contributed by atoms with Gasteiger partial charge in [-0.05, 0) is 47.6 Å². The number of thiocarbonyl (C=S) groups is 1. The van der Waals surface area contributed by atoms with Gasteiger partial charge in [0.25, 0.3) is 0 Å². The minimum Gasteiger partial charge on any atom is -0.330 e. The van der Waals surface area contributed by atoms with E-state index in [0.717, 1.165) is 16.8 Å². The molecule has 2 aromatic heterocycles. The van der Waals surface area contributed by atoms with Crippen LogP contribution in [0, 0.1) is 0 Å². The van der Waals surface area contributed by atoms with Crippen molar-refractivity contribution in [1.29, 1.82) is 0 Å². The highest BCUT2D eigenvalue weighted by atomic mass is 35.5. The van der Waals surface area contributed by atoms with Crippen molar-refractivity contribution >= 4 is 63.6 Å². The van der Waals surface area contributed by atoms with Crippen LogP contribution in [0.1, 0.15) is 11.1 Å². The smallest absolute Gasteiger partial charge is 0.176 e. The summed E-state index contributed by atoms with van der Waals surface area (Å²) in [4.78, 5) is 0. The average Bonchev–Trinajstić information content (AvgIpc) is 3.34. The van der Waals surface area contributed by atoms with Crippen LogP contribution in [-0.4, -0.2) is 24.7 Å². The fraction of sp³-hybridized carbons (Fsp3) is 0.0952. The quantitative estimate of drug-likeness (QED) is 0.327. The van der Waals surface area contributed by atoms with Crippen LogP contribution in [0.5, 0.6) is 0 Å². The molecule has 0 unspecified atom stereocenters. The molecule has 0 fully saturated rings. The number of nitrogens with one attached hydrogen (secondary N) is 2. The summed E-state index contributed by atoms with van der Waals surface area (Å²) in [6, 6.07) is 15.0. The van der Waals surface area contributed by atoms with Gasteiger partial charge in [0, 0.05) is 23.5 Å². The molecule has 0 spiro atoms. The van der Waals surface area contributed by atoms with Crippen LogP contribution in [-0.2, 0) is 13.1 Å². The first-order chi connectivity index (χ1) is 14.9.